The van der Waals surface area contributed by atoms with Crippen molar-refractivity contribution >= 4 is 27.0 Å². The van der Waals surface area contributed by atoms with Crippen LogP contribution in [0.5, 0.6) is 0 Å². The molecule has 1 heterocycles. The third-order valence-corrected chi connectivity index (χ3v) is 4.88. The Labute approximate surface area is 129 Å². The fourth-order valence-corrected chi connectivity index (χ4v) is 3.20. The van der Waals surface area contributed by atoms with Crippen LogP contribution in [0.15, 0.2) is 27.5 Å². The van der Waals surface area contributed by atoms with Crippen LogP contribution in [0, 0.1) is 12.8 Å². The fraction of sp³-hybridized carbons (Fsp3) is 0.400. The van der Waals surface area contributed by atoms with Gasteiger partial charge in [0, 0.05) is 17.5 Å². The molecule has 0 saturated carbocycles. The average molecular weight is 324 g/mol. The topological polar surface area (TPSA) is 99.4 Å². The van der Waals surface area contributed by atoms with Gasteiger partial charge in [0.15, 0.2) is 5.76 Å². The lowest BCUT2D eigenvalue weighted by Gasteiger charge is -2.08. The lowest BCUT2D eigenvalue weighted by molar-refractivity contribution is -0.257. The van der Waals surface area contributed by atoms with Gasteiger partial charge in [0.25, 0.3) is 0 Å². The van der Waals surface area contributed by atoms with E-state index in [0.29, 0.717) is 29.0 Å². The van der Waals surface area contributed by atoms with Crippen LogP contribution in [-0.2, 0) is 10.0 Å². The van der Waals surface area contributed by atoms with Crippen molar-refractivity contribution in [2.45, 2.75) is 32.1 Å². The van der Waals surface area contributed by atoms with Gasteiger partial charge in [0.05, 0.1) is 4.90 Å². The van der Waals surface area contributed by atoms with Crippen LogP contribution in [0.1, 0.15) is 36.4 Å². The Morgan fingerprint density at radius 3 is 2.64 bits per heavy atom. The summed E-state index contributed by atoms with van der Waals surface area (Å²) in [6.07, 6.45) is 0.737. The Balaban J connectivity index is 2.36. The van der Waals surface area contributed by atoms with Crippen molar-refractivity contribution in [3.05, 3.63) is 29.5 Å². The lowest BCUT2D eigenvalue weighted by Crippen LogP contribution is -2.25. The number of hydrogen-bond donors (Lipinski definition) is 1. The Kier molecular flexibility index (Phi) is 4.58. The average Bonchev–Trinajstić information content (AvgIpc) is 2.75. The maximum Gasteiger partial charge on any atom is 0.240 e. The molecule has 0 saturated heterocycles. The lowest BCUT2D eigenvalue weighted by atomic mass is 10.1. The number of carboxylic acid groups (broad SMARTS) is 1. The van der Waals surface area contributed by atoms with Gasteiger partial charge >= 0.3 is 0 Å². The minimum atomic E-state index is -3.63. The van der Waals surface area contributed by atoms with Gasteiger partial charge in [-0.05, 0) is 37.5 Å². The number of rotatable bonds is 6. The Hall–Kier alpha value is -1.86. The van der Waals surface area contributed by atoms with Crippen molar-refractivity contribution in [2.24, 2.45) is 5.92 Å². The number of aryl methyl sites for hydroxylation is 1. The minimum absolute atomic E-state index is 0.0811. The molecule has 6 nitrogen and oxygen atoms in total. The number of benzene rings is 1. The van der Waals surface area contributed by atoms with E-state index in [4.69, 9.17) is 4.42 Å². The predicted molar refractivity (Wildman–Crippen MR) is 79.9 cm³/mol. The van der Waals surface area contributed by atoms with E-state index < -0.39 is 16.0 Å². The van der Waals surface area contributed by atoms with Gasteiger partial charge in [-0.2, -0.15) is 0 Å². The number of nitrogens with one attached hydrogen (secondary N) is 1. The van der Waals surface area contributed by atoms with E-state index in [0.717, 1.165) is 6.42 Å². The van der Waals surface area contributed by atoms with Gasteiger partial charge in [-0.15, -0.1) is 0 Å². The van der Waals surface area contributed by atoms with Crippen molar-refractivity contribution < 1.29 is 22.7 Å². The molecule has 22 heavy (non-hydrogen) atoms. The maximum atomic E-state index is 12.2. The van der Waals surface area contributed by atoms with Crippen molar-refractivity contribution in [3.63, 3.8) is 0 Å². The van der Waals surface area contributed by atoms with Crippen molar-refractivity contribution in [3.8, 4) is 0 Å². The summed E-state index contributed by atoms with van der Waals surface area (Å²) < 4.78 is 32.2. The molecule has 1 aromatic carbocycles. The Morgan fingerprint density at radius 1 is 1.36 bits per heavy atom. The monoisotopic (exact) mass is 324 g/mol. The van der Waals surface area contributed by atoms with Crippen LogP contribution in [0.4, 0.5) is 0 Å². The predicted octanol–water partition coefficient (Wildman–Crippen LogP) is 1.43. The van der Waals surface area contributed by atoms with E-state index in [1.807, 2.05) is 13.8 Å². The molecular formula is C15H18NO5S-. The standard InChI is InChI=1S/C15H19NO5S/c1-9(2)6-7-16-22(19,20)11-4-5-13-12(8-11)10(3)14(21-13)15(17)18/h4-5,8-9,16H,6-7H2,1-3H3,(H,17,18)/p-1. The number of carboxylic acids is 1. The van der Waals surface area contributed by atoms with Gasteiger partial charge in [-0.1, -0.05) is 13.8 Å². The van der Waals surface area contributed by atoms with Crippen LogP contribution in [-0.4, -0.2) is 20.9 Å². The molecule has 0 aliphatic carbocycles. The summed E-state index contributed by atoms with van der Waals surface area (Å²) in [5, 5.41) is 11.4. The first-order chi connectivity index (χ1) is 10.2. The van der Waals surface area contributed by atoms with Crippen molar-refractivity contribution in [1.82, 2.24) is 4.72 Å². The molecule has 2 aromatic rings. The molecule has 0 bridgehead atoms. The molecule has 7 heteroatoms. The Bertz CT molecular complexity index is 805. The molecule has 0 unspecified atom stereocenters. The van der Waals surface area contributed by atoms with Gasteiger partial charge in [0.1, 0.15) is 11.6 Å². The number of aromatic carboxylic acids is 1. The highest BCUT2D eigenvalue weighted by atomic mass is 32.2. The van der Waals surface area contributed by atoms with Gasteiger partial charge in [-0.25, -0.2) is 13.1 Å². The highest BCUT2D eigenvalue weighted by Gasteiger charge is 2.18. The summed E-state index contributed by atoms with van der Waals surface area (Å²) in [6.45, 7) is 5.93. The summed E-state index contributed by atoms with van der Waals surface area (Å²) in [4.78, 5) is 11.0. The number of furan rings is 1. The zero-order valence-corrected chi connectivity index (χ0v) is 13.5. The van der Waals surface area contributed by atoms with Crippen molar-refractivity contribution in [2.75, 3.05) is 6.54 Å². The zero-order chi connectivity index (χ0) is 16.5. The first-order valence-electron chi connectivity index (χ1n) is 6.96. The summed E-state index contributed by atoms with van der Waals surface area (Å²) in [5.41, 5.74) is 0.673. The van der Waals surface area contributed by atoms with Gasteiger partial charge in [-0.3, -0.25) is 0 Å². The second kappa shape index (κ2) is 6.10. The van der Waals surface area contributed by atoms with E-state index in [1.54, 1.807) is 6.92 Å². The highest BCUT2D eigenvalue weighted by molar-refractivity contribution is 7.89. The van der Waals surface area contributed by atoms with E-state index in [9.17, 15) is 18.3 Å². The van der Waals surface area contributed by atoms with Crippen LogP contribution in [0.3, 0.4) is 0 Å². The number of fused-ring (bicyclic) bond motifs is 1. The number of carbonyl (C=O) groups is 1. The van der Waals surface area contributed by atoms with Crippen LogP contribution >= 0.6 is 0 Å². The summed E-state index contributed by atoms with van der Waals surface area (Å²) in [7, 11) is -3.63. The molecule has 1 N–H and O–H groups in total. The molecule has 0 fully saturated rings. The molecule has 0 atom stereocenters. The maximum absolute atomic E-state index is 12.2. The van der Waals surface area contributed by atoms with E-state index in [-0.39, 0.29) is 10.7 Å². The quantitative estimate of drug-likeness (QED) is 0.866. The molecule has 0 radical (unpaired) electrons. The fourth-order valence-electron chi connectivity index (χ4n) is 2.13. The van der Waals surface area contributed by atoms with Gasteiger partial charge in [0.2, 0.25) is 10.0 Å². The SMILES string of the molecule is Cc1c(C(=O)[O-])oc2ccc(S(=O)(=O)NCCC(C)C)cc12. The van der Waals surface area contributed by atoms with Crippen LogP contribution in [0.2, 0.25) is 0 Å². The van der Waals surface area contributed by atoms with Gasteiger partial charge < -0.3 is 14.3 Å². The second-order valence-corrected chi connectivity index (χ2v) is 7.35. The third-order valence-electron chi connectivity index (χ3n) is 3.42. The van der Waals surface area contributed by atoms with Crippen molar-refractivity contribution in [1.29, 1.82) is 0 Å². The second-order valence-electron chi connectivity index (χ2n) is 5.58. The van der Waals surface area contributed by atoms with E-state index >= 15 is 0 Å². The molecule has 0 spiro atoms. The molecule has 2 rings (SSSR count). The highest BCUT2D eigenvalue weighted by Crippen LogP contribution is 2.27. The number of hydrogen-bond acceptors (Lipinski definition) is 5. The first kappa shape index (κ1) is 16.5. The first-order valence-corrected chi connectivity index (χ1v) is 8.45. The number of carbonyl (C=O) groups excluding carboxylic acids is 1. The largest absolute Gasteiger partial charge is 0.542 e. The Morgan fingerprint density at radius 2 is 2.05 bits per heavy atom. The third kappa shape index (κ3) is 3.31. The summed E-state index contributed by atoms with van der Waals surface area (Å²) >= 11 is 0. The molecule has 0 amide bonds. The summed E-state index contributed by atoms with van der Waals surface area (Å²) in [5.74, 6) is -1.31. The normalized spacial score (nSPS) is 12.2. The smallest absolute Gasteiger partial charge is 0.240 e. The van der Waals surface area contributed by atoms with E-state index in [1.165, 1.54) is 18.2 Å². The van der Waals surface area contributed by atoms with E-state index in [2.05, 4.69) is 4.72 Å². The number of sulfonamides is 1. The molecule has 120 valence electrons. The summed E-state index contributed by atoms with van der Waals surface area (Å²) in [6, 6.07) is 4.26. The zero-order valence-electron chi connectivity index (χ0n) is 12.7. The van der Waals surface area contributed by atoms with Crippen LogP contribution < -0.4 is 9.83 Å². The molecule has 0 aliphatic rings. The molecule has 0 aliphatic heterocycles. The molecular weight excluding hydrogens is 306 g/mol. The molecule has 1 aromatic heterocycles. The minimum Gasteiger partial charge on any atom is -0.542 e. The van der Waals surface area contributed by atoms with Crippen LogP contribution in [0.25, 0.3) is 11.0 Å².